The quantitative estimate of drug-likeness (QED) is 0.365. The Hall–Kier alpha value is -1.49. The van der Waals surface area contributed by atoms with E-state index in [1.807, 2.05) is 43.3 Å². The number of benzene rings is 2. The molecular formula is C15H11IO2. The van der Waals surface area contributed by atoms with Gasteiger partial charge in [0.1, 0.15) is 0 Å². The van der Waals surface area contributed by atoms with Crippen molar-refractivity contribution in [3.05, 3.63) is 59.7 Å². The molecule has 2 rings (SSSR count). The van der Waals surface area contributed by atoms with E-state index < -0.39 is 9.57 Å². The topological polar surface area (TPSA) is 34.1 Å². The summed E-state index contributed by atoms with van der Waals surface area (Å²) < 4.78 is -0.462. The van der Waals surface area contributed by atoms with E-state index in [4.69, 9.17) is 0 Å². The van der Waals surface area contributed by atoms with Gasteiger partial charge < -0.3 is 0 Å². The predicted molar refractivity (Wildman–Crippen MR) is 80.0 cm³/mol. The second kappa shape index (κ2) is 5.44. The predicted octanol–water partition coefficient (Wildman–Crippen LogP) is 3.81. The molecule has 0 amide bonds. The van der Waals surface area contributed by atoms with Gasteiger partial charge in [-0.1, -0.05) is 48.5 Å². The molecule has 90 valence electrons. The van der Waals surface area contributed by atoms with E-state index in [1.54, 1.807) is 12.1 Å². The average molecular weight is 350 g/mol. The van der Waals surface area contributed by atoms with E-state index in [1.165, 1.54) is 28.2 Å². The lowest BCUT2D eigenvalue weighted by Gasteiger charge is -2.06. The van der Waals surface area contributed by atoms with Crippen molar-refractivity contribution >= 4 is 32.2 Å². The SMILES string of the molecule is Cc1ccccc1-c1ccc(C(=O)C(=O)I)cc1. The molecule has 3 heteroatoms. The Bertz CT molecular complexity index is 600. The lowest BCUT2D eigenvalue weighted by Crippen LogP contribution is -2.06. The number of hydrogen-bond acceptors (Lipinski definition) is 2. The average Bonchev–Trinajstić information content (AvgIpc) is 2.38. The zero-order valence-corrected chi connectivity index (χ0v) is 12.0. The zero-order chi connectivity index (χ0) is 13.1. The summed E-state index contributed by atoms with van der Waals surface area (Å²) in [5, 5.41) is 0. The third kappa shape index (κ3) is 2.67. The van der Waals surface area contributed by atoms with Crippen molar-refractivity contribution in [3.8, 4) is 11.1 Å². The number of aryl methyl sites for hydroxylation is 1. The number of Topliss-reactive ketones (excluding diaryl/α,β-unsaturated/α-hetero) is 1. The van der Waals surface area contributed by atoms with Crippen LogP contribution in [0.4, 0.5) is 0 Å². The van der Waals surface area contributed by atoms with E-state index in [2.05, 4.69) is 0 Å². The van der Waals surface area contributed by atoms with Gasteiger partial charge in [0.05, 0.1) is 0 Å². The van der Waals surface area contributed by atoms with Crippen LogP contribution in [0.2, 0.25) is 0 Å². The van der Waals surface area contributed by atoms with Crippen molar-refractivity contribution in [2.75, 3.05) is 0 Å². The number of hydrogen-bond donors (Lipinski definition) is 0. The Balaban J connectivity index is 2.37. The fourth-order valence-electron chi connectivity index (χ4n) is 1.81. The maximum Gasteiger partial charge on any atom is 0.262 e. The third-order valence-corrected chi connectivity index (χ3v) is 3.27. The van der Waals surface area contributed by atoms with Crippen LogP contribution < -0.4 is 0 Å². The second-order valence-electron chi connectivity index (χ2n) is 4.00. The number of carbonyl (C=O) groups is 2. The van der Waals surface area contributed by atoms with Crippen molar-refractivity contribution in [3.63, 3.8) is 0 Å². The molecule has 0 radical (unpaired) electrons. The van der Waals surface area contributed by atoms with Crippen LogP contribution in [0.25, 0.3) is 11.1 Å². The van der Waals surface area contributed by atoms with Crippen molar-refractivity contribution in [2.45, 2.75) is 6.92 Å². The molecule has 0 aromatic heterocycles. The standard InChI is InChI=1S/C15H11IO2/c1-10-4-2-3-5-13(10)11-6-8-12(9-7-11)14(17)15(16)18/h2-9H,1H3. The first-order valence-corrected chi connectivity index (χ1v) is 6.57. The molecule has 0 aliphatic heterocycles. The van der Waals surface area contributed by atoms with E-state index in [0.29, 0.717) is 5.56 Å². The summed E-state index contributed by atoms with van der Waals surface area (Å²) in [6.45, 7) is 2.04. The van der Waals surface area contributed by atoms with Gasteiger partial charge in [-0.3, -0.25) is 9.59 Å². The van der Waals surface area contributed by atoms with Gasteiger partial charge in [-0.05, 0) is 23.6 Å². The van der Waals surface area contributed by atoms with Gasteiger partial charge >= 0.3 is 0 Å². The summed E-state index contributed by atoms with van der Waals surface area (Å²) in [7, 11) is 0. The summed E-state index contributed by atoms with van der Waals surface area (Å²) in [5.41, 5.74) is 3.80. The van der Waals surface area contributed by atoms with Gasteiger partial charge in [0.15, 0.2) is 0 Å². The molecule has 0 spiro atoms. The number of halogens is 1. The Morgan fingerprint density at radius 2 is 1.56 bits per heavy atom. The highest BCUT2D eigenvalue weighted by Gasteiger charge is 2.12. The Morgan fingerprint density at radius 3 is 2.11 bits per heavy atom. The van der Waals surface area contributed by atoms with Crippen LogP contribution in [0.15, 0.2) is 48.5 Å². The van der Waals surface area contributed by atoms with Crippen molar-refractivity contribution in [2.24, 2.45) is 0 Å². The van der Waals surface area contributed by atoms with Crippen LogP contribution in [0.3, 0.4) is 0 Å². The molecular weight excluding hydrogens is 339 g/mol. The minimum atomic E-state index is -0.462. The first-order valence-electron chi connectivity index (χ1n) is 5.50. The molecule has 0 aliphatic carbocycles. The van der Waals surface area contributed by atoms with Crippen LogP contribution >= 0.6 is 22.6 Å². The summed E-state index contributed by atoms with van der Waals surface area (Å²) >= 11 is 1.51. The Morgan fingerprint density at radius 1 is 0.944 bits per heavy atom. The molecule has 2 aromatic carbocycles. The van der Waals surface area contributed by atoms with E-state index >= 15 is 0 Å². The molecule has 0 heterocycles. The van der Waals surface area contributed by atoms with Crippen molar-refractivity contribution in [1.82, 2.24) is 0 Å². The van der Waals surface area contributed by atoms with Crippen LogP contribution in [0, 0.1) is 6.92 Å². The molecule has 2 aromatic rings. The van der Waals surface area contributed by atoms with Crippen molar-refractivity contribution < 1.29 is 9.59 Å². The molecule has 0 unspecified atom stereocenters. The lowest BCUT2D eigenvalue weighted by molar-refractivity contribution is -0.106. The van der Waals surface area contributed by atoms with Gasteiger partial charge in [0, 0.05) is 28.2 Å². The van der Waals surface area contributed by atoms with Crippen LogP contribution in [-0.4, -0.2) is 9.57 Å². The maximum atomic E-state index is 11.5. The summed E-state index contributed by atoms with van der Waals surface area (Å²) in [4.78, 5) is 22.5. The Labute approximate surface area is 119 Å². The fraction of sp³-hybridized carbons (Fsp3) is 0.0667. The van der Waals surface area contributed by atoms with Gasteiger partial charge in [-0.25, -0.2) is 0 Å². The molecule has 0 atom stereocenters. The molecule has 2 nitrogen and oxygen atoms in total. The van der Waals surface area contributed by atoms with Crippen LogP contribution in [-0.2, 0) is 4.79 Å². The highest BCUT2D eigenvalue weighted by molar-refractivity contribution is 14.1. The number of carbonyl (C=O) groups excluding carboxylic acids is 2. The summed E-state index contributed by atoms with van der Waals surface area (Å²) in [6, 6.07) is 15.2. The van der Waals surface area contributed by atoms with Crippen LogP contribution in [0.1, 0.15) is 15.9 Å². The van der Waals surface area contributed by atoms with Gasteiger partial charge in [0.25, 0.3) is 3.79 Å². The first-order chi connectivity index (χ1) is 8.59. The van der Waals surface area contributed by atoms with Gasteiger partial charge in [-0.2, -0.15) is 0 Å². The smallest absolute Gasteiger partial charge is 0.262 e. The summed E-state index contributed by atoms with van der Waals surface area (Å²) in [6.07, 6.45) is 0. The number of rotatable bonds is 3. The molecule has 0 saturated carbocycles. The first kappa shape index (κ1) is 13.0. The minimum absolute atomic E-state index is 0.437. The largest absolute Gasteiger partial charge is 0.284 e. The highest BCUT2D eigenvalue weighted by atomic mass is 127. The molecule has 0 fully saturated rings. The maximum absolute atomic E-state index is 11.5. The van der Waals surface area contributed by atoms with Crippen molar-refractivity contribution in [1.29, 1.82) is 0 Å². The van der Waals surface area contributed by atoms with E-state index in [0.717, 1.165) is 11.1 Å². The summed E-state index contributed by atoms with van der Waals surface area (Å²) in [5.74, 6) is -0.452. The monoisotopic (exact) mass is 350 g/mol. The normalized spacial score (nSPS) is 10.1. The zero-order valence-electron chi connectivity index (χ0n) is 9.81. The van der Waals surface area contributed by atoms with Gasteiger partial charge in [-0.15, -0.1) is 0 Å². The van der Waals surface area contributed by atoms with E-state index in [-0.39, 0.29) is 0 Å². The minimum Gasteiger partial charge on any atom is -0.284 e. The fourth-order valence-corrected chi connectivity index (χ4v) is 2.12. The molecule has 0 aliphatic rings. The van der Waals surface area contributed by atoms with Crippen LogP contribution in [0.5, 0.6) is 0 Å². The Kier molecular flexibility index (Phi) is 3.91. The van der Waals surface area contributed by atoms with Gasteiger partial charge in [0.2, 0.25) is 5.78 Å². The second-order valence-corrected chi connectivity index (χ2v) is 4.97. The molecule has 0 saturated heterocycles. The van der Waals surface area contributed by atoms with E-state index in [9.17, 15) is 9.59 Å². The lowest BCUT2D eigenvalue weighted by atomic mass is 9.99. The number of ketones is 1. The molecule has 0 bridgehead atoms. The third-order valence-electron chi connectivity index (χ3n) is 2.78. The highest BCUT2D eigenvalue weighted by Crippen LogP contribution is 2.23. The molecule has 0 N–H and O–H groups in total. The molecule has 18 heavy (non-hydrogen) atoms.